The van der Waals surface area contributed by atoms with Gasteiger partial charge in [-0.2, -0.15) is 0 Å². The standard InChI is InChI=1S/C16H35N/c1-5-14(3)9-7-10-15(4)11-8-12-16(6-2)13-17/h14-16H,5-13,17H2,1-4H3. The quantitative estimate of drug-likeness (QED) is 0.541. The summed E-state index contributed by atoms with van der Waals surface area (Å²) in [5.74, 6) is 2.60. The van der Waals surface area contributed by atoms with Crippen molar-refractivity contribution in [1.82, 2.24) is 0 Å². The van der Waals surface area contributed by atoms with Crippen LogP contribution in [0.15, 0.2) is 0 Å². The lowest BCUT2D eigenvalue weighted by atomic mass is 9.91. The zero-order valence-electron chi connectivity index (χ0n) is 12.7. The Morgan fingerprint density at radius 1 is 0.765 bits per heavy atom. The summed E-state index contributed by atoms with van der Waals surface area (Å²) < 4.78 is 0. The Labute approximate surface area is 110 Å². The van der Waals surface area contributed by atoms with E-state index in [0.717, 1.165) is 24.3 Å². The molecule has 0 saturated carbocycles. The molecule has 17 heavy (non-hydrogen) atoms. The zero-order chi connectivity index (χ0) is 13.1. The van der Waals surface area contributed by atoms with Crippen LogP contribution in [-0.2, 0) is 0 Å². The smallest absolute Gasteiger partial charge is 0.00490 e. The summed E-state index contributed by atoms with van der Waals surface area (Å²) in [6, 6.07) is 0. The van der Waals surface area contributed by atoms with Gasteiger partial charge in [0.2, 0.25) is 0 Å². The van der Waals surface area contributed by atoms with E-state index < -0.39 is 0 Å². The maximum atomic E-state index is 5.73. The summed E-state index contributed by atoms with van der Waals surface area (Å²) in [7, 11) is 0. The fourth-order valence-electron chi connectivity index (χ4n) is 2.41. The molecular formula is C16H35N. The average Bonchev–Trinajstić information content (AvgIpc) is 2.34. The highest BCUT2D eigenvalue weighted by Crippen LogP contribution is 2.20. The van der Waals surface area contributed by atoms with Crippen LogP contribution < -0.4 is 5.73 Å². The van der Waals surface area contributed by atoms with Gasteiger partial charge in [-0.05, 0) is 30.7 Å². The highest BCUT2D eigenvalue weighted by atomic mass is 14.5. The highest BCUT2D eigenvalue weighted by Gasteiger charge is 2.07. The van der Waals surface area contributed by atoms with E-state index in [0.29, 0.717) is 0 Å². The van der Waals surface area contributed by atoms with Crippen LogP contribution in [0, 0.1) is 17.8 Å². The summed E-state index contributed by atoms with van der Waals surface area (Å²) in [6.07, 6.45) is 11.0. The third-order valence-electron chi connectivity index (χ3n) is 4.31. The van der Waals surface area contributed by atoms with Crippen LogP contribution in [0.4, 0.5) is 0 Å². The van der Waals surface area contributed by atoms with E-state index in [-0.39, 0.29) is 0 Å². The van der Waals surface area contributed by atoms with Crippen molar-refractivity contribution in [3.8, 4) is 0 Å². The van der Waals surface area contributed by atoms with Crippen LogP contribution in [0.1, 0.15) is 79.1 Å². The van der Waals surface area contributed by atoms with E-state index in [1.165, 1.54) is 51.4 Å². The number of nitrogens with two attached hydrogens (primary N) is 1. The van der Waals surface area contributed by atoms with Crippen LogP contribution >= 0.6 is 0 Å². The molecule has 0 radical (unpaired) electrons. The zero-order valence-corrected chi connectivity index (χ0v) is 12.7. The van der Waals surface area contributed by atoms with Crippen molar-refractivity contribution < 1.29 is 0 Å². The maximum absolute atomic E-state index is 5.73. The van der Waals surface area contributed by atoms with Gasteiger partial charge in [0.1, 0.15) is 0 Å². The molecule has 104 valence electrons. The first-order valence-electron chi connectivity index (χ1n) is 7.83. The molecule has 0 aliphatic rings. The molecule has 0 rings (SSSR count). The van der Waals surface area contributed by atoms with Crippen molar-refractivity contribution in [2.24, 2.45) is 23.5 Å². The third-order valence-corrected chi connectivity index (χ3v) is 4.31. The van der Waals surface area contributed by atoms with Crippen LogP contribution in [0.25, 0.3) is 0 Å². The fourth-order valence-corrected chi connectivity index (χ4v) is 2.41. The van der Waals surface area contributed by atoms with Crippen molar-refractivity contribution in [2.75, 3.05) is 6.54 Å². The van der Waals surface area contributed by atoms with Gasteiger partial charge < -0.3 is 5.73 Å². The lowest BCUT2D eigenvalue weighted by molar-refractivity contribution is 0.383. The van der Waals surface area contributed by atoms with Crippen molar-refractivity contribution in [1.29, 1.82) is 0 Å². The van der Waals surface area contributed by atoms with Gasteiger partial charge in [-0.15, -0.1) is 0 Å². The predicted octanol–water partition coefficient (Wildman–Crippen LogP) is 4.99. The second-order valence-electron chi connectivity index (χ2n) is 5.99. The lowest BCUT2D eigenvalue weighted by Crippen LogP contribution is -2.13. The molecule has 3 atom stereocenters. The molecule has 1 nitrogen and oxygen atoms in total. The Bertz CT molecular complexity index is 152. The Kier molecular flexibility index (Phi) is 11.0. The number of hydrogen-bond acceptors (Lipinski definition) is 1. The molecule has 0 heterocycles. The Hall–Kier alpha value is -0.0400. The van der Waals surface area contributed by atoms with Crippen LogP contribution in [0.5, 0.6) is 0 Å². The number of rotatable bonds is 11. The highest BCUT2D eigenvalue weighted by molar-refractivity contribution is 4.61. The van der Waals surface area contributed by atoms with Gasteiger partial charge in [0.25, 0.3) is 0 Å². The molecular weight excluding hydrogens is 206 g/mol. The van der Waals surface area contributed by atoms with E-state index in [1.807, 2.05) is 0 Å². The largest absolute Gasteiger partial charge is 0.330 e. The molecule has 0 aliphatic heterocycles. The molecule has 0 saturated heterocycles. The summed E-state index contributed by atoms with van der Waals surface area (Å²) in [5.41, 5.74) is 5.73. The van der Waals surface area contributed by atoms with Gasteiger partial charge >= 0.3 is 0 Å². The van der Waals surface area contributed by atoms with E-state index >= 15 is 0 Å². The van der Waals surface area contributed by atoms with Crippen molar-refractivity contribution >= 4 is 0 Å². The van der Waals surface area contributed by atoms with E-state index in [9.17, 15) is 0 Å². The third kappa shape index (κ3) is 9.64. The topological polar surface area (TPSA) is 26.0 Å². The Morgan fingerprint density at radius 3 is 1.76 bits per heavy atom. The summed E-state index contributed by atoms with van der Waals surface area (Å²) in [6.45, 7) is 10.2. The molecule has 0 aromatic carbocycles. The van der Waals surface area contributed by atoms with Gasteiger partial charge in [-0.3, -0.25) is 0 Å². The minimum absolute atomic E-state index is 0.766. The molecule has 0 bridgehead atoms. The normalized spacial score (nSPS) is 16.8. The summed E-state index contributed by atoms with van der Waals surface area (Å²) in [4.78, 5) is 0. The van der Waals surface area contributed by atoms with Crippen LogP contribution in [0.2, 0.25) is 0 Å². The molecule has 0 spiro atoms. The van der Waals surface area contributed by atoms with Crippen molar-refractivity contribution in [2.45, 2.75) is 79.1 Å². The molecule has 0 fully saturated rings. The van der Waals surface area contributed by atoms with Gasteiger partial charge in [0, 0.05) is 0 Å². The number of hydrogen-bond donors (Lipinski definition) is 1. The van der Waals surface area contributed by atoms with Gasteiger partial charge in [-0.1, -0.05) is 72.6 Å². The average molecular weight is 241 g/mol. The Balaban J connectivity index is 3.43. The minimum atomic E-state index is 0.766. The molecule has 3 unspecified atom stereocenters. The van der Waals surface area contributed by atoms with E-state index in [4.69, 9.17) is 5.73 Å². The van der Waals surface area contributed by atoms with E-state index in [2.05, 4.69) is 27.7 Å². The molecule has 0 aliphatic carbocycles. The fraction of sp³-hybridized carbons (Fsp3) is 1.00. The molecule has 0 aromatic rings. The van der Waals surface area contributed by atoms with Crippen LogP contribution in [0.3, 0.4) is 0 Å². The molecule has 1 heteroatoms. The van der Waals surface area contributed by atoms with Gasteiger partial charge in [0.15, 0.2) is 0 Å². The summed E-state index contributed by atoms with van der Waals surface area (Å²) >= 11 is 0. The van der Waals surface area contributed by atoms with Crippen molar-refractivity contribution in [3.63, 3.8) is 0 Å². The molecule has 0 amide bonds. The SMILES string of the molecule is CCC(C)CCCC(C)CCCC(CC)CN. The maximum Gasteiger partial charge on any atom is -0.00490 e. The Morgan fingerprint density at radius 2 is 1.29 bits per heavy atom. The first-order chi connectivity index (χ1) is 8.13. The minimum Gasteiger partial charge on any atom is -0.330 e. The molecule has 2 N–H and O–H groups in total. The summed E-state index contributed by atoms with van der Waals surface area (Å²) in [5, 5.41) is 0. The second kappa shape index (κ2) is 11.1. The first kappa shape index (κ1) is 17.0. The van der Waals surface area contributed by atoms with Gasteiger partial charge in [-0.25, -0.2) is 0 Å². The predicted molar refractivity (Wildman–Crippen MR) is 79.2 cm³/mol. The van der Waals surface area contributed by atoms with E-state index in [1.54, 1.807) is 0 Å². The lowest BCUT2D eigenvalue weighted by Gasteiger charge is -2.15. The van der Waals surface area contributed by atoms with Crippen LogP contribution in [-0.4, -0.2) is 6.54 Å². The monoisotopic (exact) mass is 241 g/mol. The molecule has 0 aromatic heterocycles. The van der Waals surface area contributed by atoms with Gasteiger partial charge in [0.05, 0.1) is 0 Å². The van der Waals surface area contributed by atoms with Crippen molar-refractivity contribution in [3.05, 3.63) is 0 Å². The second-order valence-corrected chi connectivity index (χ2v) is 5.99. The first-order valence-corrected chi connectivity index (χ1v) is 7.83.